The van der Waals surface area contributed by atoms with Crippen molar-refractivity contribution >= 4 is 49.7 Å². The molecule has 266 valence electrons. The van der Waals surface area contributed by atoms with Gasteiger partial charge in [0.25, 0.3) is 5.91 Å². The Hall–Kier alpha value is -3.40. The van der Waals surface area contributed by atoms with Crippen LogP contribution in [0.2, 0.25) is 0 Å². The Morgan fingerprint density at radius 3 is 2.27 bits per heavy atom. The van der Waals surface area contributed by atoms with Gasteiger partial charge in [-0.1, -0.05) is 24.3 Å². The lowest BCUT2D eigenvalue weighted by molar-refractivity contribution is -0.143. The number of aromatic hydroxyl groups is 1. The van der Waals surface area contributed by atoms with Crippen molar-refractivity contribution < 1.29 is 32.6 Å². The van der Waals surface area contributed by atoms with Crippen LogP contribution in [-0.4, -0.2) is 139 Å². The number of piperidine rings is 2. The Kier molecular flexibility index (Phi) is 11.0. The Morgan fingerprint density at radius 1 is 0.918 bits per heavy atom. The normalized spacial score (nSPS) is 21.1. The smallest absolute Gasteiger partial charge is 0.410 e. The second-order valence-corrected chi connectivity index (χ2v) is 16.2. The van der Waals surface area contributed by atoms with Crippen LogP contribution in [-0.2, 0) is 32.4 Å². The van der Waals surface area contributed by atoms with Crippen LogP contribution >= 0.6 is 15.9 Å². The summed E-state index contributed by atoms with van der Waals surface area (Å²) < 4.78 is 31.9. The maximum atomic E-state index is 14.0. The van der Waals surface area contributed by atoms with Crippen LogP contribution in [0, 0.1) is 0 Å². The van der Waals surface area contributed by atoms with E-state index < -0.39 is 22.2 Å². The molecule has 6 rings (SSSR count). The molecule has 4 aliphatic heterocycles. The molecular formula is C34H45BrN6O7S. The third-order valence-corrected chi connectivity index (χ3v) is 12.2. The number of piperazine rings is 1. The molecule has 3 saturated heterocycles. The third kappa shape index (κ3) is 8.50. The molecule has 0 saturated carbocycles. The molecule has 0 radical (unpaired) electrons. The van der Waals surface area contributed by atoms with Gasteiger partial charge in [-0.2, -0.15) is 0 Å². The van der Waals surface area contributed by atoms with Gasteiger partial charge in [-0.3, -0.25) is 9.69 Å². The van der Waals surface area contributed by atoms with Crippen LogP contribution in [0.3, 0.4) is 0 Å². The van der Waals surface area contributed by atoms with Crippen molar-refractivity contribution in [1.82, 2.24) is 23.9 Å². The van der Waals surface area contributed by atoms with Crippen LogP contribution < -0.4 is 5.32 Å². The average molecular weight is 762 g/mol. The molecule has 2 aromatic rings. The van der Waals surface area contributed by atoms with Crippen molar-refractivity contribution in [3.8, 4) is 5.75 Å². The summed E-state index contributed by atoms with van der Waals surface area (Å²) >= 11 is 3.34. The first-order valence-corrected chi connectivity index (χ1v) is 19.7. The third-order valence-electron chi connectivity index (χ3n) is 10.3. The van der Waals surface area contributed by atoms with Gasteiger partial charge in [0.2, 0.25) is 10.0 Å². The summed E-state index contributed by atoms with van der Waals surface area (Å²) in [5.41, 5.74) is 2.68. The lowest BCUT2D eigenvalue weighted by Crippen LogP contribution is -2.57. The zero-order chi connectivity index (χ0) is 34.7. The Balaban J connectivity index is 1.06. The molecular weight excluding hydrogens is 716 g/mol. The number of benzene rings is 2. The predicted molar refractivity (Wildman–Crippen MR) is 188 cm³/mol. The molecule has 4 heterocycles. The highest BCUT2D eigenvalue weighted by molar-refractivity contribution is 9.10. The van der Waals surface area contributed by atoms with Gasteiger partial charge < -0.3 is 29.9 Å². The zero-order valence-electron chi connectivity index (χ0n) is 27.8. The van der Waals surface area contributed by atoms with E-state index in [1.165, 1.54) is 10.6 Å². The largest absolute Gasteiger partial charge is 0.507 e. The van der Waals surface area contributed by atoms with Crippen LogP contribution in [0.5, 0.6) is 5.75 Å². The number of sulfonamides is 1. The lowest BCUT2D eigenvalue weighted by atomic mass is 10.0. The van der Waals surface area contributed by atoms with E-state index in [1.807, 2.05) is 29.2 Å². The highest BCUT2D eigenvalue weighted by Gasteiger charge is 2.37. The topological polar surface area (TPSA) is 143 Å². The fourth-order valence-electron chi connectivity index (χ4n) is 7.42. The summed E-state index contributed by atoms with van der Waals surface area (Å²) in [5.74, 6) is -0.188. The minimum absolute atomic E-state index is 0.0138. The summed E-state index contributed by atoms with van der Waals surface area (Å²) in [5, 5.41) is 13.0. The number of carbonyl (C=O) groups is 3. The number of nitrogens with one attached hydrogen (secondary N) is 1. The van der Waals surface area contributed by atoms with Gasteiger partial charge in [-0.15, -0.1) is 0 Å². The van der Waals surface area contributed by atoms with Gasteiger partial charge in [0.05, 0.1) is 10.7 Å². The van der Waals surface area contributed by atoms with Gasteiger partial charge in [-0.25, -0.2) is 22.3 Å². The molecule has 15 heteroatoms. The number of fused-ring (bicyclic) bond motifs is 1. The van der Waals surface area contributed by atoms with Crippen LogP contribution in [0.1, 0.15) is 36.8 Å². The Labute approximate surface area is 296 Å². The SMILES string of the molecule is CS(=O)(=O)N1CCC(N2CCN(C(=O)C(Cc3ccc(O)c(Br)c3)OC(=O)N3CCC(N4CCc5ccccc5NC4=O)CC3)CC2)CC1. The van der Waals surface area contributed by atoms with E-state index in [0.29, 0.717) is 76.2 Å². The van der Waals surface area contributed by atoms with Crippen molar-refractivity contribution in [2.45, 2.75) is 56.7 Å². The number of carbonyl (C=O) groups excluding carboxylic acids is 3. The van der Waals surface area contributed by atoms with Gasteiger partial charge in [0, 0.05) is 83.1 Å². The fourth-order valence-corrected chi connectivity index (χ4v) is 8.72. The zero-order valence-corrected chi connectivity index (χ0v) is 30.2. The molecule has 0 aliphatic carbocycles. The van der Waals surface area contributed by atoms with E-state index in [9.17, 15) is 27.9 Å². The van der Waals surface area contributed by atoms with E-state index >= 15 is 0 Å². The molecule has 49 heavy (non-hydrogen) atoms. The van der Waals surface area contributed by atoms with Crippen molar-refractivity contribution in [2.75, 3.05) is 70.5 Å². The van der Waals surface area contributed by atoms with Gasteiger partial charge >= 0.3 is 12.1 Å². The fraction of sp³-hybridized carbons (Fsp3) is 0.559. The number of hydrogen-bond donors (Lipinski definition) is 2. The molecule has 0 aromatic heterocycles. The van der Waals surface area contributed by atoms with Crippen molar-refractivity contribution in [3.63, 3.8) is 0 Å². The molecule has 2 N–H and O–H groups in total. The lowest BCUT2D eigenvalue weighted by Gasteiger charge is -2.43. The molecule has 13 nitrogen and oxygen atoms in total. The molecule has 3 fully saturated rings. The van der Waals surface area contributed by atoms with Crippen molar-refractivity contribution in [1.29, 1.82) is 0 Å². The number of halogens is 1. The predicted octanol–water partition coefficient (Wildman–Crippen LogP) is 3.33. The minimum Gasteiger partial charge on any atom is -0.507 e. The number of nitrogens with zero attached hydrogens (tertiary/aromatic N) is 5. The Bertz CT molecular complexity index is 1640. The summed E-state index contributed by atoms with van der Waals surface area (Å²) in [6.45, 7) is 4.68. The van der Waals surface area contributed by atoms with Crippen LogP contribution in [0.15, 0.2) is 46.9 Å². The Morgan fingerprint density at radius 2 is 1.59 bits per heavy atom. The number of ether oxygens (including phenoxy) is 1. The number of phenolic OH excluding ortho intramolecular Hbond substituents is 1. The summed E-state index contributed by atoms with van der Waals surface area (Å²) in [4.78, 5) is 48.1. The number of anilines is 1. The first-order chi connectivity index (χ1) is 23.5. The standard InChI is InChI=1S/C34H45BrN6O7S/c1-49(46,47)40-15-11-26(12-16-40)37-18-20-38(21-19-37)32(43)31(23-24-6-7-30(42)28(35)22-24)48-34(45)39-13-9-27(10-14-39)41-17-8-25-4-2-3-5-29(25)36-33(41)44/h2-7,22,26-27,31,42H,8-21,23H2,1H3,(H,36,44). The molecule has 1 unspecified atom stereocenters. The van der Waals surface area contributed by atoms with Crippen molar-refractivity contribution in [2.24, 2.45) is 0 Å². The molecule has 4 amide bonds. The molecule has 2 aromatic carbocycles. The number of phenols is 1. The monoisotopic (exact) mass is 760 g/mol. The first-order valence-electron chi connectivity index (χ1n) is 17.0. The highest BCUT2D eigenvalue weighted by atomic mass is 79.9. The minimum atomic E-state index is -3.20. The number of urea groups is 1. The van der Waals surface area contributed by atoms with Crippen LogP contribution in [0.4, 0.5) is 15.3 Å². The van der Waals surface area contributed by atoms with Crippen molar-refractivity contribution in [3.05, 3.63) is 58.1 Å². The summed E-state index contributed by atoms with van der Waals surface area (Å²) in [6, 6.07) is 12.9. The van der Waals surface area contributed by atoms with Crippen LogP contribution in [0.25, 0.3) is 0 Å². The van der Waals surface area contributed by atoms with Gasteiger partial charge in [0.1, 0.15) is 5.75 Å². The van der Waals surface area contributed by atoms with Gasteiger partial charge in [-0.05, 0) is 77.4 Å². The highest BCUT2D eigenvalue weighted by Crippen LogP contribution is 2.28. The summed E-state index contributed by atoms with van der Waals surface area (Å²) in [6.07, 6.45) is 3.26. The molecule has 0 spiro atoms. The van der Waals surface area contributed by atoms with Gasteiger partial charge in [0.15, 0.2) is 6.10 Å². The summed E-state index contributed by atoms with van der Waals surface area (Å²) in [7, 11) is -3.20. The maximum absolute atomic E-state index is 14.0. The van der Waals surface area contributed by atoms with E-state index in [4.69, 9.17) is 4.74 Å². The van der Waals surface area contributed by atoms with E-state index in [0.717, 1.165) is 36.1 Å². The average Bonchev–Trinajstić information content (AvgIpc) is 3.27. The number of rotatable bonds is 7. The molecule has 0 bridgehead atoms. The number of amides is 4. The number of likely N-dealkylation sites (tertiary alicyclic amines) is 1. The second kappa shape index (κ2) is 15.2. The van der Waals surface area contributed by atoms with E-state index in [2.05, 4.69) is 26.1 Å². The second-order valence-electron chi connectivity index (χ2n) is 13.4. The molecule has 4 aliphatic rings. The molecule has 1 atom stereocenters. The maximum Gasteiger partial charge on any atom is 0.410 e. The number of hydrogen-bond acceptors (Lipinski definition) is 8. The van der Waals surface area contributed by atoms with E-state index in [1.54, 1.807) is 28.0 Å². The first kappa shape index (κ1) is 35.4. The van der Waals surface area contributed by atoms with E-state index in [-0.39, 0.29) is 36.2 Å². The number of para-hydroxylation sites is 1. The quantitative estimate of drug-likeness (QED) is 0.438.